The molecule has 2 N–H and O–H groups in total. The lowest BCUT2D eigenvalue weighted by atomic mass is 10.1. The molecule has 2 aromatic heterocycles. The Bertz CT molecular complexity index is 1000. The third kappa shape index (κ3) is 8.01. The molecular formula is C22H23N3O6. The minimum Gasteiger partial charge on any atom is -0.478 e. The van der Waals surface area contributed by atoms with Crippen LogP contribution in [0.5, 0.6) is 0 Å². The molecule has 0 radical (unpaired) electrons. The third-order valence-corrected chi connectivity index (χ3v) is 4.01. The average Bonchev–Trinajstić information content (AvgIpc) is 3.40. The Kier molecular flexibility index (Phi) is 8.78. The van der Waals surface area contributed by atoms with E-state index in [4.69, 9.17) is 14.9 Å². The standard InChI is InChI=1S/C18H19N3O2.C4H4O4/c1-2-23-18(22)16-7-5-15(6-8-16)12-21-10-3-4-17(21)13-20-11-9-19-14-20;5-3(6)1-2-4(7)8/h3-11,14H,2,12-13H2,1H3;1-2H,(H,5,6)(H,7,8)/b;2-1-. The van der Waals surface area contributed by atoms with Crippen molar-refractivity contribution in [3.63, 3.8) is 0 Å². The first-order valence-electron chi connectivity index (χ1n) is 9.38. The third-order valence-electron chi connectivity index (χ3n) is 4.01. The largest absolute Gasteiger partial charge is 0.478 e. The number of ether oxygens (including phenoxy) is 1. The molecular weight excluding hydrogens is 402 g/mol. The van der Waals surface area contributed by atoms with Crippen LogP contribution in [0.4, 0.5) is 0 Å². The van der Waals surface area contributed by atoms with E-state index < -0.39 is 11.9 Å². The van der Waals surface area contributed by atoms with Crippen LogP contribution in [0.25, 0.3) is 0 Å². The molecule has 2 heterocycles. The number of aromatic nitrogens is 3. The van der Waals surface area contributed by atoms with E-state index in [9.17, 15) is 14.4 Å². The number of carbonyl (C=O) groups excluding carboxylic acids is 1. The van der Waals surface area contributed by atoms with Crippen LogP contribution >= 0.6 is 0 Å². The summed E-state index contributed by atoms with van der Waals surface area (Å²) >= 11 is 0. The number of hydrogen-bond acceptors (Lipinski definition) is 5. The maximum atomic E-state index is 11.7. The average molecular weight is 425 g/mol. The van der Waals surface area contributed by atoms with Gasteiger partial charge >= 0.3 is 17.9 Å². The SMILES string of the molecule is CCOC(=O)c1ccc(Cn2cccc2Cn2ccnc2)cc1.O=C(O)/C=C\C(=O)O. The Hall–Kier alpha value is -4.14. The highest BCUT2D eigenvalue weighted by molar-refractivity contribution is 5.90. The lowest BCUT2D eigenvalue weighted by molar-refractivity contribution is -0.134. The van der Waals surface area contributed by atoms with Gasteiger partial charge in [0.15, 0.2) is 0 Å². The molecule has 3 rings (SSSR count). The Morgan fingerprint density at radius 3 is 2.23 bits per heavy atom. The summed E-state index contributed by atoms with van der Waals surface area (Å²) < 4.78 is 9.23. The van der Waals surface area contributed by atoms with E-state index >= 15 is 0 Å². The van der Waals surface area contributed by atoms with Crippen molar-refractivity contribution >= 4 is 17.9 Å². The number of benzene rings is 1. The zero-order valence-corrected chi connectivity index (χ0v) is 16.9. The van der Waals surface area contributed by atoms with Crippen molar-refractivity contribution < 1.29 is 29.3 Å². The summed E-state index contributed by atoms with van der Waals surface area (Å²) in [4.78, 5) is 34.8. The Morgan fingerprint density at radius 2 is 1.68 bits per heavy atom. The van der Waals surface area contributed by atoms with E-state index in [-0.39, 0.29) is 5.97 Å². The first-order chi connectivity index (χ1) is 14.9. The molecule has 0 saturated carbocycles. The van der Waals surface area contributed by atoms with Crippen molar-refractivity contribution in [2.75, 3.05) is 6.61 Å². The lowest BCUT2D eigenvalue weighted by Crippen LogP contribution is -2.08. The van der Waals surface area contributed by atoms with Crippen molar-refractivity contribution in [2.45, 2.75) is 20.0 Å². The van der Waals surface area contributed by atoms with Gasteiger partial charge in [-0.1, -0.05) is 12.1 Å². The molecule has 0 aliphatic rings. The summed E-state index contributed by atoms with van der Waals surface area (Å²) in [5.74, 6) is -2.79. The van der Waals surface area contributed by atoms with Gasteiger partial charge in [0, 0.05) is 43.0 Å². The van der Waals surface area contributed by atoms with Crippen LogP contribution in [0, 0.1) is 0 Å². The number of rotatable bonds is 8. The second kappa shape index (κ2) is 11.8. The van der Waals surface area contributed by atoms with Crippen molar-refractivity contribution in [2.24, 2.45) is 0 Å². The second-order valence-corrected chi connectivity index (χ2v) is 6.29. The topological polar surface area (TPSA) is 124 Å². The number of imidazole rings is 1. The van der Waals surface area contributed by atoms with Crippen molar-refractivity contribution in [1.29, 1.82) is 0 Å². The minimum absolute atomic E-state index is 0.277. The molecule has 9 heteroatoms. The van der Waals surface area contributed by atoms with E-state index in [1.807, 2.05) is 47.4 Å². The van der Waals surface area contributed by atoms with Gasteiger partial charge in [0.25, 0.3) is 0 Å². The predicted molar refractivity (Wildman–Crippen MR) is 112 cm³/mol. The number of carboxylic acids is 2. The highest BCUT2D eigenvalue weighted by atomic mass is 16.5. The zero-order chi connectivity index (χ0) is 22.6. The number of hydrogen-bond donors (Lipinski definition) is 2. The summed E-state index contributed by atoms with van der Waals surface area (Å²) in [5, 5.41) is 15.6. The molecule has 0 atom stereocenters. The van der Waals surface area contributed by atoms with E-state index in [0.717, 1.165) is 18.7 Å². The molecule has 31 heavy (non-hydrogen) atoms. The maximum Gasteiger partial charge on any atom is 0.338 e. The van der Waals surface area contributed by atoms with Crippen LogP contribution in [0.2, 0.25) is 0 Å². The van der Waals surface area contributed by atoms with Crippen molar-refractivity contribution in [3.8, 4) is 0 Å². The number of esters is 1. The fraction of sp³-hybridized carbons (Fsp3) is 0.182. The van der Waals surface area contributed by atoms with Gasteiger partial charge in [-0.15, -0.1) is 0 Å². The summed E-state index contributed by atoms with van der Waals surface area (Å²) in [6, 6.07) is 11.7. The quantitative estimate of drug-likeness (QED) is 0.420. The number of carbonyl (C=O) groups is 3. The van der Waals surface area contributed by atoms with E-state index in [1.54, 1.807) is 13.1 Å². The van der Waals surface area contributed by atoms with Gasteiger partial charge in [-0.05, 0) is 36.8 Å². The second-order valence-electron chi connectivity index (χ2n) is 6.29. The van der Waals surface area contributed by atoms with Crippen LogP contribution in [-0.2, 0) is 27.4 Å². The molecule has 0 spiro atoms. The van der Waals surface area contributed by atoms with Gasteiger partial charge in [-0.3, -0.25) is 0 Å². The monoisotopic (exact) mass is 425 g/mol. The van der Waals surface area contributed by atoms with Crippen LogP contribution in [0.3, 0.4) is 0 Å². The van der Waals surface area contributed by atoms with Crippen molar-refractivity contribution in [1.82, 2.24) is 14.1 Å². The van der Waals surface area contributed by atoms with E-state index in [1.165, 1.54) is 5.69 Å². The molecule has 162 valence electrons. The fourth-order valence-electron chi connectivity index (χ4n) is 2.61. The van der Waals surface area contributed by atoms with Crippen LogP contribution in [0.1, 0.15) is 28.5 Å². The molecule has 0 bridgehead atoms. The zero-order valence-electron chi connectivity index (χ0n) is 16.9. The van der Waals surface area contributed by atoms with Gasteiger partial charge in [0.05, 0.1) is 25.0 Å². The minimum atomic E-state index is -1.26. The van der Waals surface area contributed by atoms with Gasteiger partial charge in [0.2, 0.25) is 0 Å². The molecule has 0 aliphatic heterocycles. The highest BCUT2D eigenvalue weighted by Gasteiger charge is 2.07. The molecule has 1 aromatic carbocycles. The first kappa shape index (κ1) is 23.1. The smallest absolute Gasteiger partial charge is 0.338 e. The summed E-state index contributed by atoms with van der Waals surface area (Å²) in [6.07, 6.45) is 8.72. The highest BCUT2D eigenvalue weighted by Crippen LogP contribution is 2.11. The molecule has 3 aromatic rings. The fourth-order valence-corrected chi connectivity index (χ4v) is 2.61. The normalized spacial score (nSPS) is 10.4. The van der Waals surface area contributed by atoms with Gasteiger partial charge < -0.3 is 24.1 Å². The summed E-state index contributed by atoms with van der Waals surface area (Å²) in [6.45, 7) is 3.75. The van der Waals surface area contributed by atoms with Crippen LogP contribution < -0.4 is 0 Å². The Labute approximate surface area is 178 Å². The molecule has 9 nitrogen and oxygen atoms in total. The van der Waals surface area contributed by atoms with Crippen molar-refractivity contribution in [3.05, 3.63) is 90.3 Å². The summed E-state index contributed by atoms with van der Waals surface area (Å²) in [7, 11) is 0. The number of carboxylic acid groups (broad SMARTS) is 2. The van der Waals surface area contributed by atoms with E-state index in [0.29, 0.717) is 24.3 Å². The molecule has 0 amide bonds. The van der Waals surface area contributed by atoms with Crippen LogP contribution in [-0.4, -0.2) is 48.8 Å². The van der Waals surface area contributed by atoms with Crippen LogP contribution in [0.15, 0.2) is 73.5 Å². The lowest BCUT2D eigenvalue weighted by Gasteiger charge is -2.10. The van der Waals surface area contributed by atoms with E-state index in [2.05, 4.69) is 21.8 Å². The Morgan fingerprint density at radius 1 is 1.00 bits per heavy atom. The van der Waals surface area contributed by atoms with Gasteiger partial charge in [-0.25, -0.2) is 19.4 Å². The summed E-state index contributed by atoms with van der Waals surface area (Å²) in [5.41, 5.74) is 2.93. The molecule has 0 unspecified atom stereocenters. The molecule has 0 saturated heterocycles. The predicted octanol–water partition coefficient (Wildman–Crippen LogP) is 2.67. The number of aliphatic carboxylic acids is 2. The Balaban J connectivity index is 0.000000366. The van der Waals surface area contributed by atoms with Gasteiger partial charge in [0.1, 0.15) is 0 Å². The molecule has 0 fully saturated rings. The first-order valence-corrected chi connectivity index (χ1v) is 9.38. The molecule has 0 aliphatic carbocycles. The van der Waals surface area contributed by atoms with Gasteiger partial charge in [-0.2, -0.15) is 0 Å². The maximum absolute atomic E-state index is 11.7. The number of nitrogens with zero attached hydrogens (tertiary/aromatic N) is 3.